The number of amides is 2. The van der Waals surface area contributed by atoms with E-state index in [9.17, 15) is 63.2 Å². The molecule has 6 saturated heterocycles. The third-order valence-electron chi connectivity index (χ3n) is 25.5. The number of Topliss-reactive ketones (excluding diaryl/α,β-unsaturated/α-hetero) is 2. The smallest absolute Gasteiger partial charge is 0.351 e. The summed E-state index contributed by atoms with van der Waals surface area (Å²) in [6.07, 6.45) is -10.0. The van der Waals surface area contributed by atoms with Gasteiger partial charge in [-0.05, 0) is 165 Å². The molecule has 27 atom stereocenters. The van der Waals surface area contributed by atoms with Crippen molar-refractivity contribution in [3.63, 3.8) is 0 Å². The van der Waals surface area contributed by atoms with Crippen LogP contribution in [-0.4, -0.2) is 319 Å². The van der Waals surface area contributed by atoms with Crippen LogP contribution in [0, 0.1) is 35.5 Å². The predicted octanol–water partition coefficient (Wildman–Crippen LogP) is 12.4. The van der Waals surface area contributed by atoms with Crippen molar-refractivity contribution in [1.29, 1.82) is 0 Å². The molecule has 8 N–H and O–H groups in total. The number of cyclic esters (lactones) is 2. The Balaban J connectivity index is 0.000000361. The van der Waals surface area contributed by atoms with Gasteiger partial charge in [-0.15, -0.1) is 22.7 Å². The summed E-state index contributed by atoms with van der Waals surface area (Å²) < 4.78 is 122. The summed E-state index contributed by atoms with van der Waals surface area (Å²) >= 11 is 2.64. The number of aliphatic hydroxyl groups is 5. The van der Waals surface area contributed by atoms with Gasteiger partial charge < -0.3 is 107 Å². The number of thiazole rings is 2. The van der Waals surface area contributed by atoms with Gasteiger partial charge in [-0.3, -0.25) is 38.8 Å². The molecule has 0 radical (unpaired) electrons. The number of aliphatic hydroxyl groups excluding tert-OH is 3. The zero-order valence-electron chi connectivity index (χ0n) is 85.6. The van der Waals surface area contributed by atoms with Crippen molar-refractivity contribution in [3.8, 4) is 21.1 Å². The van der Waals surface area contributed by atoms with Crippen LogP contribution in [0.1, 0.15) is 208 Å². The normalized spacial score (nSPS) is 35.5. The number of halogens is 2. The van der Waals surface area contributed by atoms with Crippen molar-refractivity contribution in [3.05, 3.63) is 58.8 Å². The molecule has 139 heavy (non-hydrogen) atoms. The van der Waals surface area contributed by atoms with E-state index in [1.54, 1.807) is 131 Å². The lowest BCUT2D eigenvalue weighted by atomic mass is 9.73. The molecule has 782 valence electrons. The van der Waals surface area contributed by atoms with Crippen LogP contribution in [0.4, 0.5) is 20.4 Å². The number of nitrogens with zero attached hydrogens (tertiary/aromatic N) is 10. The Hall–Kier alpha value is -7.26. The van der Waals surface area contributed by atoms with E-state index in [0.29, 0.717) is 57.0 Å². The molecular weight excluding hydrogens is 1890 g/mol. The summed E-state index contributed by atoms with van der Waals surface area (Å²) in [7, 11) is 1.13. The van der Waals surface area contributed by atoms with Crippen molar-refractivity contribution in [2.45, 2.75) is 329 Å². The maximum Gasteiger partial charge on any atom is 0.351 e. The fourth-order valence-corrected chi connectivity index (χ4v) is 21.2. The summed E-state index contributed by atoms with van der Waals surface area (Å²) in [6.45, 7) is 36.7. The Morgan fingerprint density at radius 2 is 0.921 bits per heavy atom. The summed E-state index contributed by atoms with van der Waals surface area (Å²) in [4.78, 5) is 135. The molecule has 10 heterocycles. The largest absolute Gasteiger partial charge is 0.457 e. The molecular formula is C95H150F2N12O26P2S2. The number of aliphatic imine (C=N–C) groups is 2. The van der Waals surface area contributed by atoms with Crippen molar-refractivity contribution >= 4 is 107 Å². The van der Waals surface area contributed by atoms with Crippen LogP contribution in [0.2, 0.25) is 0 Å². The van der Waals surface area contributed by atoms with Crippen LogP contribution >= 0.6 is 37.5 Å². The highest BCUT2D eigenvalue weighted by atomic mass is 32.1. The highest BCUT2D eigenvalue weighted by Crippen LogP contribution is 2.47. The molecule has 44 heteroatoms. The van der Waals surface area contributed by atoms with E-state index in [1.807, 2.05) is 71.5 Å². The van der Waals surface area contributed by atoms with E-state index < -0.39 is 205 Å². The van der Waals surface area contributed by atoms with Gasteiger partial charge in [0.2, 0.25) is 11.8 Å². The number of anilines is 2. The molecule has 0 spiro atoms. The van der Waals surface area contributed by atoms with Gasteiger partial charge in [0.05, 0.1) is 85.6 Å². The van der Waals surface area contributed by atoms with Crippen LogP contribution < -0.4 is 10.2 Å². The summed E-state index contributed by atoms with van der Waals surface area (Å²) in [5.74, 6) is -11.5. The van der Waals surface area contributed by atoms with Gasteiger partial charge >= 0.3 is 11.9 Å². The Labute approximate surface area is 823 Å². The molecule has 6 aliphatic heterocycles. The van der Waals surface area contributed by atoms with E-state index in [0.717, 1.165) is 19.4 Å². The van der Waals surface area contributed by atoms with Gasteiger partial charge in [-0.25, -0.2) is 38.3 Å². The number of hydrogen-bond acceptors (Lipinski definition) is 35. The molecule has 0 saturated carbocycles. The van der Waals surface area contributed by atoms with Crippen LogP contribution in [0.25, 0.3) is 21.1 Å². The summed E-state index contributed by atoms with van der Waals surface area (Å²) in [5, 5.41) is 74.8. The van der Waals surface area contributed by atoms with E-state index in [-0.39, 0.29) is 102 Å². The highest BCUT2D eigenvalue weighted by Gasteiger charge is 2.60. The first-order valence-corrected chi connectivity index (χ1v) is 53.9. The molecule has 38 nitrogen and oxygen atoms in total. The quantitative estimate of drug-likeness (QED) is 0.0157. The number of aromatic nitrogens is 4. The Morgan fingerprint density at radius 3 is 1.23 bits per heavy atom. The molecule has 6 fully saturated rings. The number of pyridine rings is 2. The minimum absolute atomic E-state index is 0.0122. The summed E-state index contributed by atoms with van der Waals surface area (Å²) in [5.41, 5.74) is -10.5. The van der Waals surface area contributed by atoms with Crippen LogP contribution in [-0.2, 0) is 108 Å². The molecule has 4 aromatic heterocycles. The minimum atomic E-state index is -3.55. The number of likely N-dealkylation sites (N-methyl/N-ethyl adjacent to an activating group) is 2. The Morgan fingerprint density at radius 1 is 0.568 bits per heavy atom. The van der Waals surface area contributed by atoms with E-state index in [2.05, 4.69) is 50.4 Å². The second kappa shape index (κ2) is 51.0. The number of ketones is 2. The number of fused-ring (bicyclic) bond motifs is 10. The SMILES string of the molecule is CC.CCC(=O)N=C1[C@H](C)C[C@@]2(C)OC/C(=N/OCc3ccc(-c4nc(NP(C)(=O)O)cs4)cn3)CO[C@H]([C@H]1C)[C@](C)(O)[C@@H](CC)OC(=O)[C@@](C)(F)C(=O)[C@H](C)[C@H]2O[C@@H]1O[C@H](C)C[C@H](N(C)C)[C@H]1O.CCC(=O)N=C1[C@H](C)C[C@@]2(C)OC/C(=N/OCc3ccc(-c4nc(NP(C)(C)=O)cs4)cn3)CO[C@H]([C@H]1C)[C@](C)(O)[C@@H](CC)OC(=O)[C@@](C)(F)C(=O)[C@H](C)[C@H]2O[C@@H]1O[C@H](C)C[C@H](N(C)C)[C@H]1O.CCO. The van der Waals surface area contributed by atoms with E-state index >= 15 is 8.78 Å². The lowest BCUT2D eigenvalue weighted by Crippen LogP contribution is -2.61. The highest BCUT2D eigenvalue weighted by molar-refractivity contribution is 7.63. The lowest BCUT2D eigenvalue weighted by Gasteiger charge is -2.47. The third-order valence-corrected chi connectivity index (χ3v) is 28.7. The van der Waals surface area contributed by atoms with E-state index in [1.165, 1.54) is 57.0 Å². The number of oxime groups is 2. The Kier molecular flexibility index (Phi) is 43.5. The van der Waals surface area contributed by atoms with Crippen molar-refractivity contribution in [2.75, 3.05) is 91.4 Å². The van der Waals surface area contributed by atoms with Crippen LogP contribution in [0.5, 0.6) is 0 Å². The lowest BCUT2D eigenvalue weighted by molar-refractivity contribution is -0.296. The van der Waals surface area contributed by atoms with Gasteiger partial charge in [-0.2, -0.15) is 0 Å². The third kappa shape index (κ3) is 30.9. The summed E-state index contributed by atoms with van der Waals surface area (Å²) in [6, 6.07) is 6.19. The molecule has 6 aliphatic rings. The van der Waals surface area contributed by atoms with Crippen molar-refractivity contribution in [2.24, 2.45) is 55.8 Å². The van der Waals surface area contributed by atoms with Gasteiger partial charge in [0.15, 0.2) is 44.7 Å². The number of nitrogens with one attached hydrogen (secondary N) is 2. The number of alkyl halides is 2. The van der Waals surface area contributed by atoms with Gasteiger partial charge in [-0.1, -0.05) is 93.4 Å². The molecule has 0 aliphatic carbocycles. The standard InChI is InChI=1S/C46H70FN6O12PS.C45H68FN6O13PS.C2H6O.C2H6/c1-14-33-46(9,58)40-27(5)36(50-35(54)15-2)25(3)19-44(7,39(28(6)38(56)45(8,47)43(57)64-33)65-42-37(55)32(53(10)11)18-26(4)63-42)61-22-31(21-60-40)51-62-23-30-17-16-29(20-48-30)41-49-34(24-67-41)52-66(12,13)59;1-13-32-45(9,57)39-26(5)35(49-34(53)14-2)24(3)18-43(7,38(27(6)37(55)44(8,46)42(56)64-32)65-41-36(54)31(52(10)11)17-25(4)63-41)61-21-30(20-60-39)50-62-22-29-16-15-28(19-47-29)40-48-33(23-67-40)51-66(12,58)59;1-2-3;1-2/h16-17,20,24-28,32-33,37,39-40,42,55,58H,14-15,18-19,21-23H2,1-13H3,(H,52,59);15-16,19,23-27,31-32,36,38-39,41,54,57H,13-14,17-18,20-22H2,1-12H3,(H2,51,58,59);3H,2H2,1H3;1-2H3/b50-36?,51-31+;49-35?,50-30+;;/t25-,26-,27+,28+,32+,33-,37-,39-,40-,42+,44-,45+,46-;24-,25-,26+,27+,31+,32-,36-,38-,39-,41+,43-,44+,45-;;/m11../s1. The number of esters is 2. The van der Waals surface area contributed by atoms with Gasteiger partial charge in [0.25, 0.3) is 18.9 Å². The number of carbonyl (C=O) groups excluding carboxylic acids is 6. The van der Waals surface area contributed by atoms with Crippen molar-refractivity contribution < 1.29 is 134 Å². The minimum Gasteiger partial charge on any atom is -0.457 e. The first-order chi connectivity index (χ1) is 64.8. The van der Waals surface area contributed by atoms with E-state index in [4.69, 9.17) is 62.2 Å². The zero-order chi connectivity index (χ0) is 104. The second-order valence-corrected chi connectivity index (χ2v) is 45.1. The number of ether oxygens (including phenoxy) is 10. The maximum absolute atomic E-state index is 17.0. The molecule has 1 unspecified atom stereocenters. The van der Waals surface area contributed by atoms with Gasteiger partial charge in [0, 0.05) is 121 Å². The van der Waals surface area contributed by atoms with Crippen molar-refractivity contribution in [1.82, 2.24) is 29.7 Å². The van der Waals surface area contributed by atoms with Crippen LogP contribution in [0.3, 0.4) is 0 Å². The fourth-order valence-electron chi connectivity index (χ4n) is 18.4. The number of rotatable bonds is 22. The maximum atomic E-state index is 17.0. The fraction of sp³-hybridized carbons (Fsp3) is 0.726. The monoisotopic (exact) mass is 2040 g/mol. The first kappa shape index (κ1) is 119. The topological polar surface area (TPSA) is 500 Å². The molecule has 0 aromatic carbocycles. The average Bonchev–Trinajstić information content (AvgIpc) is 1.68. The number of hydrogen-bond donors (Lipinski definition) is 8. The zero-order valence-corrected chi connectivity index (χ0v) is 89.0. The first-order valence-electron chi connectivity index (χ1n) is 47.4. The average molecular weight is 2040 g/mol. The predicted molar refractivity (Wildman–Crippen MR) is 525 cm³/mol. The second-order valence-electron chi connectivity index (χ2n) is 38.4. The van der Waals surface area contributed by atoms with Gasteiger partial charge in [0.1, 0.15) is 68.7 Å². The van der Waals surface area contributed by atoms with Crippen LogP contribution in [0.15, 0.2) is 67.7 Å². The molecule has 4 bridgehead atoms. The molecule has 2 amide bonds. The molecule has 10 rings (SSSR count). The Bertz CT molecular complexity index is 4660. The number of carbonyl (C=O) groups is 6. The molecule has 4 aromatic rings.